The molecule has 0 amide bonds. The summed E-state index contributed by atoms with van der Waals surface area (Å²) < 4.78 is 22.7. The van der Waals surface area contributed by atoms with E-state index in [4.69, 9.17) is 10.5 Å². The first-order valence-corrected chi connectivity index (χ1v) is 10.1. The number of hydrogen-bond acceptors (Lipinski definition) is 4. The Hall–Kier alpha value is -1.66. The van der Waals surface area contributed by atoms with E-state index in [1.54, 1.807) is 25.2 Å². The van der Waals surface area contributed by atoms with Gasteiger partial charge in [0, 0.05) is 5.56 Å². The molecule has 3 N–H and O–H groups in total. The Bertz CT molecular complexity index is 610. The van der Waals surface area contributed by atoms with Gasteiger partial charge in [-0.05, 0) is 37.0 Å². The van der Waals surface area contributed by atoms with Gasteiger partial charge < -0.3 is 10.5 Å². The minimum absolute atomic E-state index is 0.310. The molecule has 0 aromatic heterocycles. The average Bonchev–Trinajstić information content (AvgIpc) is 2.73. The van der Waals surface area contributed by atoms with Gasteiger partial charge in [0.05, 0.1) is 12.6 Å². The van der Waals surface area contributed by atoms with Gasteiger partial charge in [-0.15, -0.1) is 6.58 Å². The molecular formula is C22H33FN2OS. The summed E-state index contributed by atoms with van der Waals surface area (Å²) in [5.41, 5.74) is 7.29. The fourth-order valence-corrected chi connectivity index (χ4v) is 2.63. The van der Waals surface area contributed by atoms with Crippen LogP contribution in [0.1, 0.15) is 44.4 Å². The first kappa shape index (κ1) is 25.3. The number of halogens is 1. The molecule has 150 valence electrons. The molecule has 0 aliphatic heterocycles. The summed E-state index contributed by atoms with van der Waals surface area (Å²) >= 11 is 1.34. The van der Waals surface area contributed by atoms with Crippen molar-refractivity contribution in [3.8, 4) is 0 Å². The van der Waals surface area contributed by atoms with Gasteiger partial charge in [0.25, 0.3) is 0 Å². The van der Waals surface area contributed by atoms with Crippen LogP contribution in [0, 0.1) is 5.82 Å². The molecule has 2 unspecified atom stereocenters. The van der Waals surface area contributed by atoms with Crippen LogP contribution in [0.15, 0.2) is 67.3 Å². The Balaban J connectivity index is 0.000000998. The van der Waals surface area contributed by atoms with Crippen molar-refractivity contribution in [3.05, 3.63) is 84.2 Å². The third kappa shape index (κ3) is 10.3. The van der Waals surface area contributed by atoms with Crippen LogP contribution < -0.4 is 10.5 Å². The van der Waals surface area contributed by atoms with Gasteiger partial charge in [-0.3, -0.25) is 4.72 Å². The SMILES string of the molecule is C=CCC.CC.CNSC(OCc1ccccc1)C(N)c1ccccc1F. The van der Waals surface area contributed by atoms with Crippen LogP contribution >= 0.6 is 11.9 Å². The molecule has 2 aromatic carbocycles. The fourth-order valence-electron chi connectivity index (χ4n) is 1.97. The van der Waals surface area contributed by atoms with E-state index >= 15 is 0 Å². The standard InChI is InChI=1S/C16H19FN2OS.C4H8.C2H6/c1-19-21-16(20-11-12-7-3-2-4-8-12)15(18)13-9-5-6-10-14(13)17;1-3-4-2;1-2/h2-10,15-16,19H,11,18H2,1H3;3H,1,4H2,2H3;1-2H3. The molecule has 2 atom stereocenters. The van der Waals surface area contributed by atoms with Crippen LogP contribution in [-0.2, 0) is 11.3 Å². The van der Waals surface area contributed by atoms with Crippen LogP contribution in [0.25, 0.3) is 0 Å². The van der Waals surface area contributed by atoms with Gasteiger partial charge in [0.15, 0.2) is 0 Å². The minimum atomic E-state index is -0.549. The van der Waals surface area contributed by atoms with Gasteiger partial charge in [-0.2, -0.15) is 0 Å². The molecule has 0 saturated heterocycles. The molecule has 0 heterocycles. The summed E-state index contributed by atoms with van der Waals surface area (Å²) in [4.78, 5) is 0. The second-order valence-electron chi connectivity index (χ2n) is 5.23. The lowest BCUT2D eigenvalue weighted by Crippen LogP contribution is -2.29. The monoisotopic (exact) mass is 392 g/mol. The highest BCUT2D eigenvalue weighted by Gasteiger charge is 2.23. The lowest BCUT2D eigenvalue weighted by molar-refractivity contribution is 0.0813. The molecule has 0 radical (unpaired) electrons. The molecule has 0 bridgehead atoms. The average molecular weight is 393 g/mol. The van der Waals surface area contributed by atoms with Crippen molar-refractivity contribution < 1.29 is 9.13 Å². The predicted octanol–water partition coefficient (Wildman–Crippen LogP) is 5.84. The summed E-state index contributed by atoms with van der Waals surface area (Å²) in [5, 5.41) is 0. The van der Waals surface area contributed by atoms with Crippen LogP contribution in [0.2, 0.25) is 0 Å². The van der Waals surface area contributed by atoms with Crippen LogP contribution in [0.3, 0.4) is 0 Å². The number of ether oxygens (including phenoxy) is 1. The highest BCUT2D eigenvalue weighted by Crippen LogP contribution is 2.26. The molecule has 2 rings (SSSR count). The van der Waals surface area contributed by atoms with Crippen molar-refractivity contribution >= 4 is 11.9 Å². The van der Waals surface area contributed by atoms with Gasteiger partial charge >= 0.3 is 0 Å². The number of nitrogens with two attached hydrogens (primary N) is 1. The maximum atomic E-state index is 13.8. The maximum Gasteiger partial charge on any atom is 0.136 e. The summed E-state index contributed by atoms with van der Waals surface area (Å²) in [6.45, 7) is 9.97. The van der Waals surface area contributed by atoms with E-state index in [-0.39, 0.29) is 11.3 Å². The van der Waals surface area contributed by atoms with Crippen LogP contribution in [-0.4, -0.2) is 12.5 Å². The Morgan fingerprint density at radius 2 is 1.70 bits per heavy atom. The van der Waals surface area contributed by atoms with Crippen LogP contribution in [0.4, 0.5) is 4.39 Å². The first-order chi connectivity index (χ1) is 13.1. The third-order valence-electron chi connectivity index (χ3n) is 3.34. The number of benzene rings is 2. The molecule has 0 aliphatic rings. The van der Waals surface area contributed by atoms with Crippen molar-refractivity contribution in [1.82, 2.24) is 4.72 Å². The Morgan fingerprint density at radius 3 is 2.22 bits per heavy atom. The van der Waals surface area contributed by atoms with Gasteiger partial charge in [-0.1, -0.05) is 75.4 Å². The molecule has 27 heavy (non-hydrogen) atoms. The Kier molecular flexibility index (Phi) is 15.5. The molecule has 0 spiro atoms. The molecular weight excluding hydrogens is 359 g/mol. The first-order valence-electron chi connectivity index (χ1n) is 9.22. The summed E-state index contributed by atoms with van der Waals surface area (Å²) in [7, 11) is 1.79. The molecule has 5 heteroatoms. The maximum absolute atomic E-state index is 13.8. The van der Waals surface area contributed by atoms with E-state index in [0.29, 0.717) is 12.2 Å². The van der Waals surface area contributed by atoms with E-state index in [0.717, 1.165) is 12.0 Å². The summed E-state index contributed by atoms with van der Waals surface area (Å²) in [5.74, 6) is -0.310. The second-order valence-corrected chi connectivity index (χ2v) is 6.34. The Labute approximate surface area is 168 Å². The van der Waals surface area contributed by atoms with Crippen LogP contribution in [0.5, 0.6) is 0 Å². The highest BCUT2D eigenvalue weighted by atomic mass is 32.2. The minimum Gasteiger partial charge on any atom is -0.360 e. The van der Waals surface area contributed by atoms with Crippen molar-refractivity contribution in [2.24, 2.45) is 5.73 Å². The van der Waals surface area contributed by atoms with Crippen molar-refractivity contribution in [2.45, 2.75) is 45.3 Å². The zero-order chi connectivity index (χ0) is 20.5. The molecule has 0 saturated carbocycles. The quantitative estimate of drug-likeness (QED) is 0.336. The summed E-state index contributed by atoms with van der Waals surface area (Å²) in [6.07, 6.45) is 2.96. The zero-order valence-electron chi connectivity index (χ0n) is 16.8. The lowest BCUT2D eigenvalue weighted by Gasteiger charge is -2.24. The van der Waals surface area contributed by atoms with Crippen molar-refractivity contribution in [1.29, 1.82) is 0 Å². The van der Waals surface area contributed by atoms with E-state index in [2.05, 4.69) is 18.2 Å². The van der Waals surface area contributed by atoms with Crippen molar-refractivity contribution in [3.63, 3.8) is 0 Å². The second kappa shape index (κ2) is 16.5. The molecule has 0 fully saturated rings. The topological polar surface area (TPSA) is 47.3 Å². The highest BCUT2D eigenvalue weighted by molar-refractivity contribution is 7.97. The van der Waals surface area contributed by atoms with E-state index in [1.807, 2.05) is 50.3 Å². The van der Waals surface area contributed by atoms with Gasteiger partial charge in [0.1, 0.15) is 11.3 Å². The van der Waals surface area contributed by atoms with E-state index < -0.39 is 6.04 Å². The largest absolute Gasteiger partial charge is 0.360 e. The predicted molar refractivity (Wildman–Crippen MR) is 117 cm³/mol. The normalized spacial score (nSPS) is 11.9. The molecule has 0 aliphatic carbocycles. The third-order valence-corrected chi connectivity index (χ3v) is 4.23. The number of hydrogen-bond donors (Lipinski definition) is 2. The molecule has 2 aromatic rings. The number of nitrogens with one attached hydrogen (secondary N) is 1. The Morgan fingerprint density at radius 1 is 1.15 bits per heavy atom. The van der Waals surface area contributed by atoms with Gasteiger partial charge in [0.2, 0.25) is 0 Å². The number of rotatable bonds is 8. The zero-order valence-corrected chi connectivity index (χ0v) is 17.6. The lowest BCUT2D eigenvalue weighted by atomic mass is 10.1. The smallest absolute Gasteiger partial charge is 0.136 e. The summed E-state index contributed by atoms with van der Waals surface area (Å²) in [6, 6.07) is 15.8. The van der Waals surface area contributed by atoms with E-state index in [9.17, 15) is 4.39 Å². The molecule has 3 nitrogen and oxygen atoms in total. The van der Waals surface area contributed by atoms with E-state index in [1.165, 1.54) is 18.0 Å². The van der Waals surface area contributed by atoms with Gasteiger partial charge in [-0.25, -0.2) is 4.39 Å². The van der Waals surface area contributed by atoms with Crippen molar-refractivity contribution in [2.75, 3.05) is 7.05 Å². The number of allylic oxidation sites excluding steroid dienone is 1. The fraction of sp³-hybridized carbons (Fsp3) is 0.364.